The number of benzene rings is 1. The van der Waals surface area contributed by atoms with Gasteiger partial charge in [-0.15, -0.1) is 0 Å². The Bertz CT molecular complexity index is 704. The van der Waals surface area contributed by atoms with Gasteiger partial charge in [0.2, 0.25) is 0 Å². The molecular weight excluding hydrogens is 324 g/mol. The SMILES string of the molecule is Cc1ccc(CN2CCC3(CC2)CC(N(C)Cc2ccccc2)CO3)o1. The fraction of sp³-hybridized carbons (Fsp3) is 0.545. The summed E-state index contributed by atoms with van der Waals surface area (Å²) in [6.07, 6.45) is 3.41. The summed E-state index contributed by atoms with van der Waals surface area (Å²) in [5.41, 5.74) is 1.46. The quantitative estimate of drug-likeness (QED) is 0.816. The molecule has 4 heteroatoms. The van der Waals surface area contributed by atoms with Gasteiger partial charge in [0.05, 0.1) is 18.8 Å². The second-order valence-electron chi connectivity index (χ2n) is 8.04. The average molecular weight is 354 g/mol. The molecule has 0 bridgehead atoms. The van der Waals surface area contributed by atoms with Crippen LogP contribution in [0.15, 0.2) is 46.9 Å². The molecule has 1 atom stereocenters. The van der Waals surface area contributed by atoms with Crippen molar-refractivity contribution in [2.75, 3.05) is 26.7 Å². The third kappa shape index (κ3) is 4.03. The smallest absolute Gasteiger partial charge is 0.118 e. The Balaban J connectivity index is 1.28. The van der Waals surface area contributed by atoms with E-state index in [2.05, 4.69) is 53.2 Å². The zero-order valence-electron chi connectivity index (χ0n) is 16.0. The van der Waals surface area contributed by atoms with Gasteiger partial charge in [0.1, 0.15) is 11.5 Å². The highest BCUT2D eigenvalue weighted by Crippen LogP contribution is 2.38. The fourth-order valence-electron chi connectivity index (χ4n) is 4.36. The van der Waals surface area contributed by atoms with Crippen molar-refractivity contribution in [1.29, 1.82) is 0 Å². The van der Waals surface area contributed by atoms with Crippen LogP contribution in [0.3, 0.4) is 0 Å². The van der Waals surface area contributed by atoms with E-state index in [9.17, 15) is 0 Å². The van der Waals surface area contributed by atoms with E-state index in [1.54, 1.807) is 0 Å². The van der Waals surface area contributed by atoms with Crippen LogP contribution in [0.2, 0.25) is 0 Å². The minimum absolute atomic E-state index is 0.0885. The van der Waals surface area contributed by atoms with Crippen molar-refractivity contribution in [2.24, 2.45) is 0 Å². The molecule has 2 aliphatic heterocycles. The molecular formula is C22H30N2O2. The zero-order chi connectivity index (χ0) is 18.0. The molecule has 0 radical (unpaired) electrons. The Kier molecular flexibility index (Phi) is 5.16. The van der Waals surface area contributed by atoms with E-state index in [4.69, 9.17) is 9.15 Å². The van der Waals surface area contributed by atoms with Gasteiger partial charge < -0.3 is 9.15 Å². The zero-order valence-corrected chi connectivity index (χ0v) is 16.0. The van der Waals surface area contributed by atoms with Crippen LogP contribution in [-0.2, 0) is 17.8 Å². The van der Waals surface area contributed by atoms with Crippen molar-refractivity contribution in [2.45, 2.75) is 50.9 Å². The van der Waals surface area contributed by atoms with Crippen LogP contribution in [0.25, 0.3) is 0 Å². The van der Waals surface area contributed by atoms with Crippen LogP contribution in [-0.4, -0.2) is 48.2 Å². The first-order valence-corrected chi connectivity index (χ1v) is 9.78. The van der Waals surface area contributed by atoms with E-state index in [1.165, 1.54) is 5.56 Å². The second-order valence-corrected chi connectivity index (χ2v) is 8.04. The summed E-state index contributed by atoms with van der Waals surface area (Å²) in [7, 11) is 2.23. The van der Waals surface area contributed by atoms with E-state index in [0.717, 1.165) is 63.6 Å². The Morgan fingerprint density at radius 2 is 1.88 bits per heavy atom. The van der Waals surface area contributed by atoms with Crippen LogP contribution in [0.4, 0.5) is 0 Å². The first-order chi connectivity index (χ1) is 12.6. The first kappa shape index (κ1) is 17.8. The Hall–Kier alpha value is -1.62. The minimum atomic E-state index is 0.0885. The van der Waals surface area contributed by atoms with Gasteiger partial charge in [0.25, 0.3) is 0 Å². The maximum atomic E-state index is 6.36. The number of nitrogens with zero attached hydrogens (tertiary/aromatic N) is 2. The van der Waals surface area contributed by atoms with Gasteiger partial charge in [-0.05, 0) is 50.9 Å². The number of hydrogen-bond acceptors (Lipinski definition) is 4. The summed E-state index contributed by atoms with van der Waals surface area (Å²) in [6.45, 7) is 6.97. The molecule has 2 aliphatic rings. The Labute approximate surface area is 156 Å². The molecule has 0 aliphatic carbocycles. The van der Waals surface area contributed by atoms with E-state index < -0.39 is 0 Å². The monoisotopic (exact) mass is 354 g/mol. The summed E-state index contributed by atoms with van der Waals surface area (Å²) in [4.78, 5) is 4.95. The van der Waals surface area contributed by atoms with Gasteiger partial charge in [-0.1, -0.05) is 30.3 Å². The lowest BCUT2D eigenvalue weighted by molar-refractivity contribution is -0.0461. The molecule has 2 saturated heterocycles. The number of piperidine rings is 1. The maximum Gasteiger partial charge on any atom is 0.118 e. The number of likely N-dealkylation sites (tertiary alicyclic amines) is 1. The van der Waals surface area contributed by atoms with Crippen molar-refractivity contribution in [3.63, 3.8) is 0 Å². The van der Waals surface area contributed by atoms with Crippen LogP contribution in [0, 0.1) is 6.92 Å². The molecule has 1 aromatic heterocycles. The Morgan fingerprint density at radius 1 is 1.12 bits per heavy atom. The van der Waals surface area contributed by atoms with E-state index >= 15 is 0 Å². The summed E-state index contributed by atoms with van der Waals surface area (Å²) in [6, 6.07) is 15.4. The predicted octanol–water partition coefficient (Wildman–Crippen LogP) is 3.84. The Morgan fingerprint density at radius 3 is 2.58 bits per heavy atom. The number of furan rings is 1. The molecule has 26 heavy (non-hydrogen) atoms. The average Bonchev–Trinajstić information content (AvgIpc) is 3.25. The third-order valence-electron chi connectivity index (χ3n) is 6.03. The number of hydrogen-bond donors (Lipinski definition) is 0. The topological polar surface area (TPSA) is 28.9 Å². The van der Waals surface area contributed by atoms with Crippen molar-refractivity contribution >= 4 is 0 Å². The summed E-state index contributed by atoms with van der Waals surface area (Å²) < 4.78 is 12.1. The lowest BCUT2D eigenvalue weighted by Crippen LogP contribution is -2.44. The number of ether oxygens (including phenoxy) is 1. The molecule has 0 N–H and O–H groups in total. The molecule has 140 valence electrons. The summed E-state index contributed by atoms with van der Waals surface area (Å²) >= 11 is 0. The number of rotatable bonds is 5. The highest BCUT2D eigenvalue weighted by Gasteiger charge is 2.43. The van der Waals surface area contributed by atoms with E-state index in [1.807, 2.05) is 13.0 Å². The van der Waals surface area contributed by atoms with Crippen LogP contribution in [0.5, 0.6) is 0 Å². The summed E-state index contributed by atoms with van der Waals surface area (Å²) in [5, 5.41) is 0. The second kappa shape index (κ2) is 7.55. The van der Waals surface area contributed by atoms with E-state index in [0.29, 0.717) is 6.04 Å². The van der Waals surface area contributed by atoms with Crippen molar-refractivity contribution < 1.29 is 9.15 Å². The highest BCUT2D eigenvalue weighted by atomic mass is 16.5. The molecule has 3 heterocycles. The predicted molar refractivity (Wildman–Crippen MR) is 103 cm³/mol. The van der Waals surface area contributed by atoms with Gasteiger partial charge in [-0.3, -0.25) is 9.80 Å². The van der Waals surface area contributed by atoms with Gasteiger partial charge in [0.15, 0.2) is 0 Å². The van der Waals surface area contributed by atoms with Gasteiger partial charge in [-0.2, -0.15) is 0 Å². The van der Waals surface area contributed by atoms with Crippen LogP contribution < -0.4 is 0 Å². The van der Waals surface area contributed by atoms with E-state index in [-0.39, 0.29) is 5.60 Å². The standard InChI is InChI=1S/C22H30N2O2/c1-18-8-9-21(26-18)16-24-12-10-22(11-13-24)14-20(17-25-22)23(2)15-19-6-4-3-5-7-19/h3-9,20H,10-17H2,1-2H3. The fourth-order valence-corrected chi connectivity index (χ4v) is 4.36. The highest BCUT2D eigenvalue weighted by molar-refractivity contribution is 5.14. The molecule has 4 rings (SSSR count). The molecule has 4 nitrogen and oxygen atoms in total. The molecule has 2 aromatic rings. The maximum absolute atomic E-state index is 6.36. The molecule has 0 saturated carbocycles. The van der Waals surface area contributed by atoms with Crippen molar-refractivity contribution in [1.82, 2.24) is 9.80 Å². The first-order valence-electron chi connectivity index (χ1n) is 9.78. The van der Waals surface area contributed by atoms with Crippen LogP contribution in [0.1, 0.15) is 36.3 Å². The molecule has 1 aromatic carbocycles. The largest absolute Gasteiger partial charge is 0.465 e. The number of likely N-dealkylation sites (N-methyl/N-ethyl adjacent to an activating group) is 1. The molecule has 2 fully saturated rings. The lowest BCUT2D eigenvalue weighted by atomic mass is 9.87. The molecule has 1 spiro atoms. The van der Waals surface area contributed by atoms with Gasteiger partial charge >= 0.3 is 0 Å². The minimum Gasteiger partial charge on any atom is -0.465 e. The van der Waals surface area contributed by atoms with Crippen LogP contribution >= 0.6 is 0 Å². The third-order valence-corrected chi connectivity index (χ3v) is 6.03. The van der Waals surface area contributed by atoms with Gasteiger partial charge in [-0.25, -0.2) is 0 Å². The molecule has 1 unspecified atom stereocenters. The van der Waals surface area contributed by atoms with Crippen molar-refractivity contribution in [3.8, 4) is 0 Å². The lowest BCUT2D eigenvalue weighted by Gasteiger charge is -2.38. The van der Waals surface area contributed by atoms with Gasteiger partial charge in [0, 0.05) is 25.7 Å². The summed E-state index contributed by atoms with van der Waals surface area (Å²) in [5.74, 6) is 2.07. The van der Waals surface area contributed by atoms with Crippen molar-refractivity contribution in [3.05, 3.63) is 59.5 Å². The normalized spacial score (nSPS) is 23.1. The molecule has 0 amide bonds. The number of aryl methyl sites for hydroxylation is 1.